The van der Waals surface area contributed by atoms with Crippen LogP contribution in [0.3, 0.4) is 0 Å². The van der Waals surface area contributed by atoms with Gasteiger partial charge < -0.3 is 9.47 Å². The second-order valence-electron chi connectivity index (χ2n) is 6.47. The number of ether oxygens (including phenoxy) is 2. The van der Waals surface area contributed by atoms with Crippen molar-refractivity contribution < 1.29 is 18.7 Å². The summed E-state index contributed by atoms with van der Waals surface area (Å²) in [6, 6.07) is 23.2. The van der Waals surface area contributed by atoms with E-state index in [-0.39, 0.29) is 11.6 Å². The summed E-state index contributed by atoms with van der Waals surface area (Å²) >= 11 is 0. The van der Waals surface area contributed by atoms with E-state index in [1.165, 1.54) is 17.7 Å². The third-order valence-electron chi connectivity index (χ3n) is 4.39. The Kier molecular flexibility index (Phi) is 5.47. The summed E-state index contributed by atoms with van der Waals surface area (Å²) in [5.41, 5.74) is 2.46. The Morgan fingerprint density at radius 1 is 0.966 bits per heavy atom. The molecule has 0 amide bonds. The van der Waals surface area contributed by atoms with Crippen LogP contribution in [-0.4, -0.2) is 18.5 Å². The van der Waals surface area contributed by atoms with Gasteiger partial charge >= 0.3 is 5.97 Å². The number of hydrogen-bond acceptors (Lipinski definition) is 4. The third kappa shape index (κ3) is 4.58. The molecule has 4 nitrogen and oxygen atoms in total. The van der Waals surface area contributed by atoms with E-state index in [4.69, 9.17) is 9.47 Å². The summed E-state index contributed by atoms with van der Waals surface area (Å²) in [4.78, 5) is 16.4. The first kappa shape index (κ1) is 18.6. The monoisotopic (exact) mass is 387 g/mol. The molecule has 0 radical (unpaired) electrons. The fraction of sp³-hybridized carbons (Fsp3) is 0.0833. The van der Waals surface area contributed by atoms with Gasteiger partial charge in [-0.05, 0) is 35.9 Å². The highest BCUT2D eigenvalue weighted by Gasteiger charge is 2.24. The SMILES string of the molecule is O=C1OC(c2cccc(F)c2)=N/C1=C\c1ccccc1OCCc1ccccc1. The molecule has 0 aromatic heterocycles. The molecule has 0 aliphatic carbocycles. The Balaban J connectivity index is 1.52. The molecule has 0 bridgehead atoms. The van der Waals surface area contributed by atoms with Crippen molar-refractivity contribution >= 4 is 17.9 Å². The maximum atomic E-state index is 13.4. The van der Waals surface area contributed by atoms with E-state index in [1.807, 2.05) is 42.5 Å². The van der Waals surface area contributed by atoms with E-state index in [2.05, 4.69) is 17.1 Å². The first-order valence-electron chi connectivity index (χ1n) is 9.23. The molecule has 144 valence electrons. The maximum Gasteiger partial charge on any atom is 0.363 e. The van der Waals surface area contributed by atoms with Gasteiger partial charge in [0.2, 0.25) is 5.90 Å². The van der Waals surface area contributed by atoms with Crippen molar-refractivity contribution in [3.05, 3.63) is 107 Å². The molecule has 29 heavy (non-hydrogen) atoms. The Morgan fingerprint density at radius 3 is 2.59 bits per heavy atom. The molecular weight excluding hydrogens is 369 g/mol. The van der Waals surface area contributed by atoms with Crippen molar-refractivity contribution in [2.24, 2.45) is 4.99 Å². The molecule has 0 unspecified atom stereocenters. The lowest BCUT2D eigenvalue weighted by Gasteiger charge is -2.09. The van der Waals surface area contributed by atoms with E-state index in [9.17, 15) is 9.18 Å². The maximum absolute atomic E-state index is 13.4. The Morgan fingerprint density at radius 2 is 1.76 bits per heavy atom. The van der Waals surface area contributed by atoms with Gasteiger partial charge in [-0.3, -0.25) is 0 Å². The van der Waals surface area contributed by atoms with Gasteiger partial charge in [0, 0.05) is 17.5 Å². The summed E-state index contributed by atoms with van der Waals surface area (Å²) in [6.45, 7) is 0.506. The van der Waals surface area contributed by atoms with Crippen molar-refractivity contribution in [3.63, 3.8) is 0 Å². The van der Waals surface area contributed by atoms with E-state index in [0.29, 0.717) is 17.9 Å². The van der Waals surface area contributed by atoms with Gasteiger partial charge in [-0.2, -0.15) is 0 Å². The fourth-order valence-electron chi connectivity index (χ4n) is 2.96. The molecule has 0 spiro atoms. The number of carbonyl (C=O) groups is 1. The predicted octanol–water partition coefficient (Wildman–Crippen LogP) is 4.79. The second-order valence-corrected chi connectivity index (χ2v) is 6.47. The molecule has 1 aliphatic heterocycles. The number of hydrogen-bond donors (Lipinski definition) is 0. The highest BCUT2D eigenvalue weighted by atomic mass is 19.1. The minimum absolute atomic E-state index is 0.0863. The van der Waals surface area contributed by atoms with Gasteiger partial charge in [0.15, 0.2) is 5.70 Å². The van der Waals surface area contributed by atoms with Gasteiger partial charge in [0.1, 0.15) is 11.6 Å². The van der Waals surface area contributed by atoms with E-state index in [0.717, 1.165) is 12.0 Å². The zero-order valence-electron chi connectivity index (χ0n) is 15.5. The van der Waals surface area contributed by atoms with Crippen molar-refractivity contribution in [3.8, 4) is 5.75 Å². The lowest BCUT2D eigenvalue weighted by molar-refractivity contribution is -0.129. The van der Waals surface area contributed by atoms with Gasteiger partial charge in [0.05, 0.1) is 6.61 Å². The average molecular weight is 387 g/mol. The smallest absolute Gasteiger partial charge is 0.363 e. The first-order valence-corrected chi connectivity index (χ1v) is 9.23. The van der Waals surface area contributed by atoms with Crippen LogP contribution in [-0.2, 0) is 16.0 Å². The van der Waals surface area contributed by atoms with Gasteiger partial charge in [-0.25, -0.2) is 14.2 Å². The highest BCUT2D eigenvalue weighted by Crippen LogP contribution is 2.25. The van der Waals surface area contributed by atoms with Crippen LogP contribution in [0.2, 0.25) is 0 Å². The highest BCUT2D eigenvalue weighted by molar-refractivity contribution is 6.12. The van der Waals surface area contributed by atoms with Gasteiger partial charge in [0.25, 0.3) is 0 Å². The van der Waals surface area contributed by atoms with Crippen LogP contribution in [0.4, 0.5) is 4.39 Å². The first-order chi connectivity index (χ1) is 14.2. The molecular formula is C24H18FNO3. The molecule has 0 saturated carbocycles. The number of halogens is 1. The minimum atomic E-state index is -0.580. The standard InChI is InChI=1S/C24H18FNO3/c25-20-11-6-10-19(15-20)23-26-21(24(27)29-23)16-18-9-4-5-12-22(18)28-14-13-17-7-2-1-3-8-17/h1-12,15-16H,13-14H2/b21-16-. The van der Waals surface area contributed by atoms with Crippen LogP contribution in [0.5, 0.6) is 5.75 Å². The number of nitrogens with zero attached hydrogens (tertiary/aromatic N) is 1. The Hall–Kier alpha value is -3.73. The fourth-order valence-corrected chi connectivity index (χ4v) is 2.96. The normalized spacial score (nSPS) is 14.6. The van der Waals surface area contributed by atoms with Crippen LogP contribution < -0.4 is 4.74 Å². The van der Waals surface area contributed by atoms with Crippen LogP contribution in [0.25, 0.3) is 6.08 Å². The van der Waals surface area contributed by atoms with Crippen LogP contribution in [0.15, 0.2) is 89.6 Å². The van der Waals surface area contributed by atoms with Crippen molar-refractivity contribution in [1.82, 2.24) is 0 Å². The molecule has 4 rings (SSSR count). The predicted molar refractivity (Wildman–Crippen MR) is 109 cm³/mol. The van der Waals surface area contributed by atoms with E-state index in [1.54, 1.807) is 18.2 Å². The largest absolute Gasteiger partial charge is 0.493 e. The molecule has 1 aliphatic rings. The Bertz CT molecular complexity index is 1090. The van der Waals surface area contributed by atoms with Crippen LogP contribution in [0.1, 0.15) is 16.7 Å². The second kappa shape index (κ2) is 8.52. The topological polar surface area (TPSA) is 47.9 Å². The number of benzene rings is 3. The number of para-hydroxylation sites is 1. The molecule has 0 N–H and O–H groups in total. The molecule has 3 aromatic carbocycles. The average Bonchev–Trinajstić information content (AvgIpc) is 3.10. The quantitative estimate of drug-likeness (QED) is 0.451. The lowest BCUT2D eigenvalue weighted by Crippen LogP contribution is -2.05. The van der Waals surface area contributed by atoms with E-state index >= 15 is 0 Å². The summed E-state index contributed by atoms with van der Waals surface area (Å²) in [5.74, 6) is -0.263. The lowest BCUT2D eigenvalue weighted by atomic mass is 10.1. The summed E-state index contributed by atoms with van der Waals surface area (Å²) in [7, 11) is 0. The third-order valence-corrected chi connectivity index (χ3v) is 4.39. The molecule has 1 heterocycles. The summed E-state index contributed by atoms with van der Waals surface area (Å²) in [5, 5.41) is 0. The minimum Gasteiger partial charge on any atom is -0.493 e. The van der Waals surface area contributed by atoms with Crippen molar-refractivity contribution in [2.45, 2.75) is 6.42 Å². The van der Waals surface area contributed by atoms with Gasteiger partial charge in [-0.15, -0.1) is 0 Å². The van der Waals surface area contributed by atoms with E-state index < -0.39 is 11.8 Å². The molecule has 5 heteroatoms. The summed E-state index contributed by atoms with van der Waals surface area (Å²) in [6.07, 6.45) is 2.39. The number of aliphatic imine (C=N–C) groups is 1. The number of esters is 1. The van der Waals surface area contributed by atoms with Crippen molar-refractivity contribution in [1.29, 1.82) is 0 Å². The molecule has 0 saturated heterocycles. The molecule has 0 atom stereocenters. The number of rotatable bonds is 6. The molecule has 3 aromatic rings. The van der Waals surface area contributed by atoms with Gasteiger partial charge in [-0.1, -0.05) is 54.6 Å². The number of cyclic esters (lactones) is 1. The van der Waals surface area contributed by atoms with Crippen molar-refractivity contribution in [2.75, 3.05) is 6.61 Å². The zero-order chi connectivity index (χ0) is 20.1. The van der Waals surface area contributed by atoms with Crippen LogP contribution >= 0.6 is 0 Å². The summed E-state index contributed by atoms with van der Waals surface area (Å²) < 4.78 is 24.5. The zero-order valence-corrected chi connectivity index (χ0v) is 15.5. The molecule has 0 fully saturated rings. The van der Waals surface area contributed by atoms with Crippen LogP contribution in [0, 0.1) is 5.82 Å². The Labute approximate surface area is 167 Å². The number of carbonyl (C=O) groups excluding carboxylic acids is 1.